The monoisotopic (exact) mass is 349 g/mol. The number of aliphatic hydroxyl groups is 1. The highest BCUT2D eigenvalue weighted by atomic mass is 32.2. The minimum atomic E-state index is -0.682. The van der Waals surface area contributed by atoms with Crippen molar-refractivity contribution in [2.75, 3.05) is 19.0 Å². The molecular formula is C17H19NO5S. The number of aliphatic imine (C=N–C) groups is 1. The number of hydrogen-bond acceptors (Lipinski definition) is 7. The standard InChI is InChI=1S/C17H19NO5S/c1-3-22-16(20)12-10-24-15(18-12)13(17(21)23-4-2)14(19)11-8-6-5-7-9-11/h5-9,12,19H,3-4,10H2,1-2H3/b14-13+/t12-/m0/s1. The first-order valence-electron chi connectivity index (χ1n) is 7.61. The number of nitrogens with zero attached hydrogens (tertiary/aromatic N) is 1. The molecule has 0 saturated carbocycles. The van der Waals surface area contributed by atoms with Crippen LogP contribution < -0.4 is 0 Å². The van der Waals surface area contributed by atoms with Crippen LogP contribution in [0.5, 0.6) is 0 Å². The molecule has 7 heteroatoms. The Morgan fingerprint density at radius 1 is 1.21 bits per heavy atom. The predicted octanol–water partition coefficient (Wildman–Crippen LogP) is 2.60. The molecule has 1 aliphatic heterocycles. The van der Waals surface area contributed by atoms with Gasteiger partial charge in [0.15, 0.2) is 6.04 Å². The van der Waals surface area contributed by atoms with Gasteiger partial charge in [-0.3, -0.25) is 4.99 Å². The molecule has 0 aromatic heterocycles. The fourth-order valence-electron chi connectivity index (χ4n) is 2.10. The number of aliphatic hydroxyl groups excluding tert-OH is 1. The zero-order valence-electron chi connectivity index (χ0n) is 13.5. The Balaban J connectivity index is 2.39. The van der Waals surface area contributed by atoms with Crippen LogP contribution in [0.1, 0.15) is 19.4 Å². The molecule has 1 heterocycles. The van der Waals surface area contributed by atoms with Crippen molar-refractivity contribution in [1.82, 2.24) is 0 Å². The number of thioether (sulfide) groups is 1. The molecule has 0 unspecified atom stereocenters. The molecule has 0 bridgehead atoms. The Hall–Kier alpha value is -2.28. The van der Waals surface area contributed by atoms with E-state index in [-0.39, 0.29) is 29.6 Å². The summed E-state index contributed by atoms with van der Waals surface area (Å²) in [6, 6.07) is 7.98. The van der Waals surface area contributed by atoms with Gasteiger partial charge in [0, 0.05) is 11.3 Å². The van der Waals surface area contributed by atoms with Crippen LogP contribution in [0.25, 0.3) is 5.76 Å². The van der Waals surface area contributed by atoms with Gasteiger partial charge in [0.05, 0.1) is 13.2 Å². The van der Waals surface area contributed by atoms with Crippen LogP contribution in [0, 0.1) is 0 Å². The van der Waals surface area contributed by atoms with E-state index in [0.717, 1.165) is 0 Å². The van der Waals surface area contributed by atoms with Gasteiger partial charge >= 0.3 is 11.9 Å². The first-order valence-corrected chi connectivity index (χ1v) is 8.60. The predicted molar refractivity (Wildman–Crippen MR) is 92.9 cm³/mol. The topological polar surface area (TPSA) is 85.2 Å². The average molecular weight is 349 g/mol. The third kappa shape index (κ3) is 4.17. The number of hydrogen-bond donors (Lipinski definition) is 1. The SMILES string of the molecule is CCOC(=O)/C(C1=N[C@H](C(=O)OCC)CS1)=C(/O)c1ccccc1. The van der Waals surface area contributed by atoms with Gasteiger partial charge in [-0.2, -0.15) is 0 Å². The second-order valence-electron chi connectivity index (χ2n) is 4.82. The van der Waals surface area contributed by atoms with E-state index >= 15 is 0 Å². The van der Waals surface area contributed by atoms with Crippen molar-refractivity contribution < 1.29 is 24.2 Å². The minimum absolute atomic E-state index is 0.0279. The van der Waals surface area contributed by atoms with E-state index in [1.807, 2.05) is 0 Å². The van der Waals surface area contributed by atoms with Crippen molar-refractivity contribution in [3.05, 3.63) is 41.5 Å². The summed E-state index contributed by atoms with van der Waals surface area (Å²) in [5.41, 5.74) is 0.447. The number of esters is 2. The van der Waals surface area contributed by atoms with E-state index in [4.69, 9.17) is 9.47 Å². The molecule has 2 rings (SSSR count). The fraction of sp³-hybridized carbons (Fsp3) is 0.353. The van der Waals surface area contributed by atoms with Gasteiger partial charge in [0.25, 0.3) is 0 Å². The first kappa shape index (κ1) is 18.1. The van der Waals surface area contributed by atoms with Crippen LogP contribution in [0.3, 0.4) is 0 Å². The molecule has 24 heavy (non-hydrogen) atoms. The molecule has 0 radical (unpaired) electrons. The van der Waals surface area contributed by atoms with Crippen molar-refractivity contribution >= 4 is 34.5 Å². The molecular weight excluding hydrogens is 330 g/mol. The van der Waals surface area contributed by atoms with E-state index in [1.54, 1.807) is 44.2 Å². The maximum atomic E-state index is 12.3. The third-order valence-corrected chi connectivity index (χ3v) is 4.25. The van der Waals surface area contributed by atoms with E-state index < -0.39 is 18.0 Å². The van der Waals surface area contributed by atoms with Gasteiger partial charge in [-0.05, 0) is 13.8 Å². The first-order chi connectivity index (χ1) is 11.6. The average Bonchev–Trinajstić information content (AvgIpc) is 3.06. The maximum Gasteiger partial charge on any atom is 0.344 e. The second kappa shape index (κ2) is 8.54. The molecule has 1 aromatic carbocycles. The van der Waals surface area contributed by atoms with Crippen molar-refractivity contribution in [2.45, 2.75) is 19.9 Å². The number of carbonyl (C=O) groups is 2. The number of rotatable bonds is 6. The second-order valence-corrected chi connectivity index (χ2v) is 5.83. The summed E-state index contributed by atoms with van der Waals surface area (Å²) in [6.45, 7) is 3.83. The van der Waals surface area contributed by atoms with Crippen molar-refractivity contribution in [3.8, 4) is 0 Å². The molecule has 0 saturated heterocycles. The molecule has 6 nitrogen and oxygen atoms in total. The highest BCUT2D eigenvalue weighted by molar-refractivity contribution is 8.14. The normalized spacial score (nSPS) is 17.8. The van der Waals surface area contributed by atoms with E-state index in [1.165, 1.54) is 11.8 Å². The lowest BCUT2D eigenvalue weighted by atomic mass is 10.1. The molecule has 0 spiro atoms. The Kier molecular flexibility index (Phi) is 6.43. The molecule has 0 fully saturated rings. The lowest BCUT2D eigenvalue weighted by molar-refractivity contribution is -0.144. The highest BCUT2D eigenvalue weighted by Crippen LogP contribution is 2.29. The molecule has 0 amide bonds. The van der Waals surface area contributed by atoms with Gasteiger partial charge in [-0.25, -0.2) is 9.59 Å². The lowest BCUT2D eigenvalue weighted by Crippen LogP contribution is -2.21. The van der Waals surface area contributed by atoms with E-state index in [2.05, 4.69) is 4.99 Å². The highest BCUT2D eigenvalue weighted by Gasteiger charge is 2.32. The van der Waals surface area contributed by atoms with Crippen molar-refractivity contribution in [3.63, 3.8) is 0 Å². The smallest absolute Gasteiger partial charge is 0.344 e. The van der Waals surface area contributed by atoms with Crippen molar-refractivity contribution in [1.29, 1.82) is 0 Å². The van der Waals surface area contributed by atoms with Crippen LogP contribution >= 0.6 is 11.8 Å². The van der Waals surface area contributed by atoms with Gasteiger partial charge in [0.1, 0.15) is 16.4 Å². The van der Waals surface area contributed by atoms with Crippen molar-refractivity contribution in [2.24, 2.45) is 4.99 Å². The number of ether oxygens (including phenoxy) is 2. The largest absolute Gasteiger partial charge is 0.506 e. The Labute approximate surface area is 144 Å². The molecule has 1 N–H and O–H groups in total. The Bertz CT molecular complexity index is 669. The van der Waals surface area contributed by atoms with Crippen LogP contribution in [-0.2, 0) is 19.1 Å². The quantitative estimate of drug-likeness (QED) is 0.483. The zero-order valence-corrected chi connectivity index (χ0v) is 14.3. The number of benzene rings is 1. The van der Waals surface area contributed by atoms with Gasteiger partial charge in [0.2, 0.25) is 0 Å². The summed E-state index contributed by atoms with van der Waals surface area (Å²) in [7, 11) is 0. The van der Waals surface area contributed by atoms with Crippen LogP contribution in [0.4, 0.5) is 0 Å². The number of carbonyl (C=O) groups excluding carboxylic acids is 2. The van der Waals surface area contributed by atoms with Gasteiger partial charge < -0.3 is 14.6 Å². The lowest BCUT2D eigenvalue weighted by Gasteiger charge is -2.10. The fourth-order valence-corrected chi connectivity index (χ4v) is 3.15. The van der Waals surface area contributed by atoms with Gasteiger partial charge in [-0.1, -0.05) is 30.3 Å². The van der Waals surface area contributed by atoms with Crippen LogP contribution in [0.2, 0.25) is 0 Å². The molecule has 128 valence electrons. The summed E-state index contributed by atoms with van der Waals surface area (Å²) in [6.07, 6.45) is 0. The van der Waals surface area contributed by atoms with E-state index in [0.29, 0.717) is 11.3 Å². The minimum Gasteiger partial charge on any atom is -0.506 e. The summed E-state index contributed by atoms with van der Waals surface area (Å²) in [4.78, 5) is 28.4. The van der Waals surface area contributed by atoms with Gasteiger partial charge in [-0.15, -0.1) is 11.8 Å². The summed E-state index contributed by atoms with van der Waals surface area (Å²) >= 11 is 1.22. The molecule has 1 aliphatic rings. The summed E-state index contributed by atoms with van der Waals surface area (Å²) in [5.74, 6) is -0.971. The zero-order chi connectivity index (χ0) is 17.5. The Morgan fingerprint density at radius 3 is 2.50 bits per heavy atom. The molecule has 1 atom stereocenters. The summed E-state index contributed by atoms with van der Waals surface area (Å²) in [5, 5.41) is 10.8. The Morgan fingerprint density at radius 2 is 1.88 bits per heavy atom. The van der Waals surface area contributed by atoms with Crippen LogP contribution in [-0.4, -0.2) is 47.1 Å². The third-order valence-electron chi connectivity index (χ3n) is 3.19. The maximum absolute atomic E-state index is 12.3. The molecule has 1 aromatic rings. The summed E-state index contributed by atoms with van der Waals surface area (Å²) < 4.78 is 9.99. The molecule has 0 aliphatic carbocycles. The van der Waals surface area contributed by atoms with Crippen LogP contribution in [0.15, 0.2) is 40.9 Å². The van der Waals surface area contributed by atoms with E-state index in [9.17, 15) is 14.7 Å².